The number of carbonyl (C=O) groups is 1. The molecule has 0 saturated carbocycles. The number of ether oxygens (including phenoxy) is 1. The van der Waals surface area contributed by atoms with E-state index in [0.29, 0.717) is 22.1 Å². The molecule has 3 aromatic carbocycles. The van der Waals surface area contributed by atoms with E-state index in [2.05, 4.69) is 15.4 Å². The summed E-state index contributed by atoms with van der Waals surface area (Å²) in [7, 11) is -2.26. The van der Waals surface area contributed by atoms with E-state index in [1.165, 1.54) is 49.6 Å². The molecule has 0 aliphatic rings. The van der Waals surface area contributed by atoms with Gasteiger partial charge in [-0.3, -0.25) is 14.8 Å². The Morgan fingerprint density at radius 3 is 2.16 bits per heavy atom. The van der Waals surface area contributed by atoms with E-state index in [-0.39, 0.29) is 20.6 Å². The largest absolute Gasteiger partial charge is 0.497 e. The van der Waals surface area contributed by atoms with Gasteiger partial charge in [-0.15, -0.1) is 0 Å². The highest BCUT2D eigenvalue weighted by Gasteiger charge is 2.15. The molecular formula is C21H17Cl2N3O4S2. The highest BCUT2D eigenvalue weighted by atomic mass is 35.5. The Kier molecular flexibility index (Phi) is 7.57. The van der Waals surface area contributed by atoms with Crippen molar-refractivity contribution in [3.63, 3.8) is 0 Å². The molecule has 3 rings (SSSR count). The summed E-state index contributed by atoms with van der Waals surface area (Å²) in [6, 6.07) is 16.8. The van der Waals surface area contributed by atoms with Crippen LogP contribution in [0.5, 0.6) is 5.75 Å². The molecule has 1 amide bonds. The van der Waals surface area contributed by atoms with Gasteiger partial charge in [0.1, 0.15) is 5.75 Å². The monoisotopic (exact) mass is 509 g/mol. The third kappa shape index (κ3) is 6.10. The van der Waals surface area contributed by atoms with Gasteiger partial charge >= 0.3 is 0 Å². The van der Waals surface area contributed by atoms with Crippen molar-refractivity contribution in [2.75, 3.05) is 17.1 Å². The van der Waals surface area contributed by atoms with Gasteiger partial charge in [-0.1, -0.05) is 23.2 Å². The number of halogens is 2. The normalized spacial score (nSPS) is 10.8. The molecule has 11 heteroatoms. The molecule has 0 atom stereocenters. The molecule has 0 saturated heterocycles. The number of rotatable bonds is 6. The smallest absolute Gasteiger partial charge is 0.261 e. The minimum Gasteiger partial charge on any atom is -0.497 e. The third-order valence-corrected chi connectivity index (χ3v) is 6.32. The lowest BCUT2D eigenvalue weighted by molar-refractivity contribution is 0.0978. The van der Waals surface area contributed by atoms with Gasteiger partial charge in [0.2, 0.25) is 0 Å². The summed E-state index contributed by atoms with van der Waals surface area (Å²) in [4.78, 5) is 12.4. The molecule has 0 aliphatic carbocycles. The molecule has 0 aliphatic heterocycles. The molecule has 0 aromatic heterocycles. The Bertz CT molecular complexity index is 1250. The number of anilines is 2. The molecule has 0 fully saturated rings. The number of carbonyl (C=O) groups excluding carboxylic acids is 1. The number of methoxy groups -OCH3 is 1. The highest BCUT2D eigenvalue weighted by Crippen LogP contribution is 2.22. The summed E-state index contributed by atoms with van der Waals surface area (Å²) in [6.45, 7) is 0. The summed E-state index contributed by atoms with van der Waals surface area (Å²) >= 11 is 17.0. The number of hydrogen-bond acceptors (Lipinski definition) is 5. The maximum Gasteiger partial charge on any atom is 0.261 e. The summed E-state index contributed by atoms with van der Waals surface area (Å²) in [5.74, 6) is 0.108. The lowest BCUT2D eigenvalue weighted by atomic mass is 10.2. The average molecular weight is 510 g/mol. The van der Waals surface area contributed by atoms with Crippen molar-refractivity contribution in [1.82, 2.24) is 5.32 Å². The van der Waals surface area contributed by atoms with Gasteiger partial charge < -0.3 is 10.1 Å². The minimum atomic E-state index is -3.79. The van der Waals surface area contributed by atoms with Gasteiger partial charge in [-0.25, -0.2) is 8.42 Å². The maximum atomic E-state index is 12.6. The Morgan fingerprint density at radius 2 is 1.56 bits per heavy atom. The Hall–Kier alpha value is -2.85. The second-order valence-corrected chi connectivity index (χ2v) is 9.33. The zero-order chi connectivity index (χ0) is 23.3. The van der Waals surface area contributed by atoms with Crippen molar-refractivity contribution in [3.05, 3.63) is 82.3 Å². The van der Waals surface area contributed by atoms with Crippen LogP contribution in [-0.4, -0.2) is 26.5 Å². The second-order valence-electron chi connectivity index (χ2n) is 6.39. The van der Waals surface area contributed by atoms with Crippen molar-refractivity contribution in [3.8, 4) is 5.75 Å². The molecule has 32 heavy (non-hydrogen) atoms. The van der Waals surface area contributed by atoms with Crippen LogP contribution in [-0.2, 0) is 10.0 Å². The van der Waals surface area contributed by atoms with Gasteiger partial charge in [-0.2, -0.15) is 0 Å². The van der Waals surface area contributed by atoms with E-state index in [0.717, 1.165) is 0 Å². The summed E-state index contributed by atoms with van der Waals surface area (Å²) < 4.78 is 32.7. The van der Waals surface area contributed by atoms with Gasteiger partial charge in [0.05, 0.1) is 22.6 Å². The van der Waals surface area contributed by atoms with Crippen molar-refractivity contribution in [2.45, 2.75) is 4.90 Å². The van der Waals surface area contributed by atoms with Crippen LogP contribution in [0.1, 0.15) is 10.4 Å². The first-order valence-electron chi connectivity index (χ1n) is 9.02. The van der Waals surface area contributed by atoms with Crippen LogP contribution in [0.2, 0.25) is 10.0 Å². The molecule has 0 radical (unpaired) electrons. The molecule has 7 nitrogen and oxygen atoms in total. The maximum absolute atomic E-state index is 12.6. The Balaban J connectivity index is 1.63. The van der Waals surface area contributed by atoms with Crippen LogP contribution in [0.25, 0.3) is 0 Å². The van der Waals surface area contributed by atoms with Crippen LogP contribution in [0.4, 0.5) is 11.4 Å². The zero-order valence-electron chi connectivity index (χ0n) is 16.6. The molecule has 0 bridgehead atoms. The predicted molar refractivity (Wildman–Crippen MR) is 130 cm³/mol. The van der Waals surface area contributed by atoms with Gasteiger partial charge in [-0.05, 0) is 78.9 Å². The number of benzene rings is 3. The topological polar surface area (TPSA) is 96.5 Å². The Morgan fingerprint density at radius 1 is 0.938 bits per heavy atom. The van der Waals surface area contributed by atoms with Crippen molar-refractivity contribution in [2.24, 2.45) is 0 Å². The first-order chi connectivity index (χ1) is 15.2. The fourth-order valence-corrected chi connectivity index (χ4v) is 4.36. The van der Waals surface area contributed by atoms with E-state index < -0.39 is 15.9 Å². The van der Waals surface area contributed by atoms with Crippen LogP contribution in [0.15, 0.2) is 71.6 Å². The quantitative estimate of drug-likeness (QED) is 0.407. The van der Waals surface area contributed by atoms with Gasteiger partial charge in [0, 0.05) is 16.4 Å². The van der Waals surface area contributed by atoms with Crippen molar-refractivity contribution < 1.29 is 17.9 Å². The van der Waals surface area contributed by atoms with E-state index in [1.54, 1.807) is 24.3 Å². The first-order valence-corrected chi connectivity index (χ1v) is 11.7. The Labute approximate surface area is 200 Å². The van der Waals surface area contributed by atoms with E-state index in [9.17, 15) is 13.2 Å². The minimum absolute atomic E-state index is 0.0213. The lowest BCUT2D eigenvalue weighted by Crippen LogP contribution is -2.34. The third-order valence-electron chi connectivity index (χ3n) is 4.17. The van der Waals surface area contributed by atoms with Crippen LogP contribution in [0.3, 0.4) is 0 Å². The van der Waals surface area contributed by atoms with Crippen molar-refractivity contribution in [1.29, 1.82) is 0 Å². The number of amides is 1. The molecule has 3 N–H and O–H groups in total. The highest BCUT2D eigenvalue weighted by molar-refractivity contribution is 7.92. The SMILES string of the molecule is COc1ccc(NS(=O)(=O)c2ccc(NC(=S)NC(=O)c3ccc(Cl)cc3Cl)cc2)cc1. The molecule has 0 spiro atoms. The second kappa shape index (κ2) is 10.2. The molecular weight excluding hydrogens is 493 g/mol. The molecule has 0 unspecified atom stereocenters. The van der Waals surface area contributed by atoms with E-state index >= 15 is 0 Å². The van der Waals surface area contributed by atoms with Gasteiger partial charge in [0.25, 0.3) is 15.9 Å². The number of thiocarbonyl (C=S) groups is 1. The molecule has 0 heterocycles. The standard InChI is InChI=1S/C21H17Cl2N3O4S2/c1-30-16-7-3-15(4-8-16)26-32(28,29)17-9-5-14(6-10-17)24-21(31)25-20(27)18-11-2-13(22)12-19(18)23/h2-12,26H,1H3,(H2,24,25,27,31). The van der Waals surface area contributed by atoms with Crippen LogP contribution in [0, 0.1) is 0 Å². The fraction of sp³-hybridized carbons (Fsp3) is 0.0476. The molecule has 166 valence electrons. The van der Waals surface area contributed by atoms with E-state index in [1.807, 2.05) is 0 Å². The molecule has 3 aromatic rings. The van der Waals surface area contributed by atoms with Crippen molar-refractivity contribution >= 4 is 67.8 Å². The predicted octanol–water partition coefficient (Wildman–Crippen LogP) is 4.93. The summed E-state index contributed by atoms with van der Waals surface area (Å²) in [6.07, 6.45) is 0. The average Bonchev–Trinajstić information content (AvgIpc) is 2.74. The number of sulfonamides is 1. The van der Waals surface area contributed by atoms with E-state index in [4.69, 9.17) is 40.2 Å². The van der Waals surface area contributed by atoms with Gasteiger partial charge in [0.15, 0.2) is 5.11 Å². The van der Waals surface area contributed by atoms with Crippen LogP contribution < -0.4 is 20.1 Å². The first kappa shape index (κ1) is 23.8. The lowest BCUT2D eigenvalue weighted by Gasteiger charge is -2.12. The number of hydrogen-bond donors (Lipinski definition) is 3. The zero-order valence-corrected chi connectivity index (χ0v) is 19.7. The van der Waals surface area contributed by atoms with Crippen LogP contribution >= 0.6 is 35.4 Å². The summed E-state index contributed by atoms with van der Waals surface area (Å²) in [5.41, 5.74) is 1.10. The fourth-order valence-electron chi connectivity index (χ4n) is 2.60. The number of nitrogens with one attached hydrogen (secondary N) is 3. The summed E-state index contributed by atoms with van der Waals surface area (Å²) in [5, 5.41) is 5.94.